The number of benzene rings is 2. The summed E-state index contributed by atoms with van der Waals surface area (Å²) in [5.41, 5.74) is 4.49. The Morgan fingerprint density at radius 1 is 1.10 bits per heavy atom. The molecule has 0 aliphatic heterocycles. The van der Waals surface area contributed by atoms with Crippen LogP contribution in [0, 0.1) is 25.2 Å². The van der Waals surface area contributed by atoms with E-state index in [1.54, 1.807) is 27.4 Å². The second kappa shape index (κ2) is 10.3. The van der Waals surface area contributed by atoms with Gasteiger partial charge in [0.25, 0.3) is 0 Å². The molecule has 0 radical (unpaired) electrons. The van der Waals surface area contributed by atoms with Gasteiger partial charge < -0.3 is 19.5 Å². The summed E-state index contributed by atoms with van der Waals surface area (Å²) in [5.74, 6) is 1.65. The summed E-state index contributed by atoms with van der Waals surface area (Å²) in [7, 11) is 4.69. The van der Waals surface area contributed by atoms with E-state index in [0.717, 1.165) is 21.2 Å². The largest absolute Gasteiger partial charge is 0.493 e. The van der Waals surface area contributed by atoms with Gasteiger partial charge in [-0.15, -0.1) is 0 Å². The highest BCUT2D eigenvalue weighted by Gasteiger charge is 2.14. The Balaban J connectivity index is 2.22. The first kappa shape index (κ1) is 22.7. The van der Waals surface area contributed by atoms with Crippen LogP contribution in [0.25, 0.3) is 6.08 Å². The summed E-state index contributed by atoms with van der Waals surface area (Å²) in [5, 5.41) is 12.7. The molecule has 5 nitrogen and oxygen atoms in total. The van der Waals surface area contributed by atoms with Crippen molar-refractivity contribution >= 4 is 39.2 Å². The Labute approximate surface area is 185 Å². The van der Waals surface area contributed by atoms with Crippen LogP contribution < -0.4 is 19.5 Å². The average molecular weight is 475 g/mol. The molecule has 0 saturated carbocycles. The van der Waals surface area contributed by atoms with Crippen LogP contribution in [0.5, 0.6) is 17.2 Å². The molecule has 0 aliphatic rings. The zero-order valence-electron chi connectivity index (χ0n) is 17.1. The fraction of sp³-hybridized carbons (Fsp3) is 0.273. The van der Waals surface area contributed by atoms with E-state index in [4.69, 9.17) is 26.4 Å². The number of nitrogens with zero attached hydrogens (tertiary/aromatic N) is 1. The molecule has 0 unspecified atom stereocenters. The van der Waals surface area contributed by atoms with Gasteiger partial charge in [0.15, 0.2) is 11.5 Å². The van der Waals surface area contributed by atoms with Gasteiger partial charge in [-0.25, -0.2) is 0 Å². The summed E-state index contributed by atoms with van der Waals surface area (Å²) in [6.07, 6.45) is 1.78. The molecule has 0 aliphatic carbocycles. The molecule has 0 spiro atoms. The Bertz CT molecular complexity index is 948. The fourth-order valence-electron chi connectivity index (χ4n) is 2.76. The van der Waals surface area contributed by atoms with E-state index in [2.05, 4.69) is 27.3 Å². The molecule has 152 valence electrons. The number of rotatable bonds is 7. The zero-order valence-corrected chi connectivity index (χ0v) is 19.5. The van der Waals surface area contributed by atoms with Gasteiger partial charge in [-0.3, -0.25) is 0 Å². The van der Waals surface area contributed by atoms with Crippen LogP contribution in [0.15, 0.2) is 34.3 Å². The molecule has 0 amide bonds. The van der Waals surface area contributed by atoms with Crippen molar-refractivity contribution < 1.29 is 14.2 Å². The lowest BCUT2D eigenvalue weighted by Crippen LogP contribution is -2.22. The van der Waals surface area contributed by atoms with Gasteiger partial charge >= 0.3 is 0 Å². The number of ether oxygens (including phenoxy) is 3. The summed E-state index contributed by atoms with van der Waals surface area (Å²) < 4.78 is 17.1. The monoisotopic (exact) mass is 474 g/mol. The lowest BCUT2D eigenvalue weighted by molar-refractivity contribution is 0.323. The maximum atomic E-state index is 9.57. The maximum absolute atomic E-state index is 9.57. The minimum Gasteiger partial charge on any atom is -0.493 e. The SMILES string of the molecule is COc1cc(CNC(=S)/C(C#N)=C/c2cc(C)c(C)c(Br)c2)cc(OC)c1OC. The third-order valence-corrected chi connectivity index (χ3v) is 5.67. The van der Waals surface area contributed by atoms with Crippen molar-refractivity contribution in [2.45, 2.75) is 20.4 Å². The first-order valence-corrected chi connectivity index (χ1v) is 10.00. The molecule has 0 aromatic heterocycles. The number of hydrogen-bond acceptors (Lipinski definition) is 5. The zero-order chi connectivity index (χ0) is 21.6. The first-order valence-electron chi connectivity index (χ1n) is 8.80. The molecule has 2 aromatic carbocycles. The van der Waals surface area contributed by atoms with E-state index in [1.807, 2.05) is 38.1 Å². The van der Waals surface area contributed by atoms with Crippen molar-refractivity contribution in [3.63, 3.8) is 0 Å². The van der Waals surface area contributed by atoms with Gasteiger partial charge in [0.1, 0.15) is 11.1 Å². The lowest BCUT2D eigenvalue weighted by atomic mass is 10.0. The molecular weight excluding hydrogens is 452 g/mol. The van der Waals surface area contributed by atoms with Crippen molar-refractivity contribution in [3.8, 4) is 23.3 Å². The highest BCUT2D eigenvalue weighted by Crippen LogP contribution is 2.38. The van der Waals surface area contributed by atoms with Crippen molar-refractivity contribution in [2.75, 3.05) is 21.3 Å². The third kappa shape index (κ3) is 5.49. The quantitative estimate of drug-likeness (QED) is 0.341. The second-order valence-electron chi connectivity index (χ2n) is 6.33. The van der Waals surface area contributed by atoms with Crippen LogP contribution in [-0.2, 0) is 6.54 Å². The molecular formula is C22H23BrN2O3S. The molecule has 1 N–H and O–H groups in total. The minimum absolute atomic E-state index is 0.371. The minimum atomic E-state index is 0.371. The number of methoxy groups -OCH3 is 3. The highest BCUT2D eigenvalue weighted by molar-refractivity contribution is 9.10. The lowest BCUT2D eigenvalue weighted by Gasteiger charge is -2.15. The molecule has 0 atom stereocenters. The Kier molecular flexibility index (Phi) is 8.06. The third-order valence-electron chi connectivity index (χ3n) is 4.48. The summed E-state index contributed by atoms with van der Waals surface area (Å²) >= 11 is 8.99. The predicted molar refractivity (Wildman–Crippen MR) is 123 cm³/mol. The van der Waals surface area contributed by atoms with Gasteiger partial charge in [-0.2, -0.15) is 5.26 Å². The smallest absolute Gasteiger partial charge is 0.203 e. The van der Waals surface area contributed by atoms with E-state index >= 15 is 0 Å². The fourth-order valence-corrected chi connectivity index (χ4v) is 3.51. The second-order valence-corrected chi connectivity index (χ2v) is 7.59. The van der Waals surface area contributed by atoms with Crippen molar-refractivity contribution in [2.24, 2.45) is 0 Å². The summed E-state index contributed by atoms with van der Waals surface area (Å²) in [6, 6.07) is 9.86. The van der Waals surface area contributed by atoms with E-state index < -0.39 is 0 Å². The first-order chi connectivity index (χ1) is 13.8. The Morgan fingerprint density at radius 3 is 2.21 bits per heavy atom. The van der Waals surface area contributed by atoms with Gasteiger partial charge in [-0.1, -0.05) is 34.2 Å². The number of hydrogen-bond donors (Lipinski definition) is 1. The van der Waals surface area contributed by atoms with E-state index in [1.165, 1.54) is 5.56 Å². The van der Waals surface area contributed by atoms with Gasteiger partial charge in [0.2, 0.25) is 5.75 Å². The average Bonchev–Trinajstić information content (AvgIpc) is 2.72. The number of nitriles is 1. The van der Waals surface area contributed by atoms with E-state index in [9.17, 15) is 5.26 Å². The topological polar surface area (TPSA) is 63.5 Å². The van der Waals surface area contributed by atoms with Crippen LogP contribution in [0.4, 0.5) is 0 Å². The highest BCUT2D eigenvalue weighted by atomic mass is 79.9. The van der Waals surface area contributed by atoms with E-state index in [-0.39, 0.29) is 0 Å². The normalized spacial score (nSPS) is 10.9. The molecule has 2 rings (SSSR count). The molecule has 29 heavy (non-hydrogen) atoms. The number of aryl methyl sites for hydroxylation is 1. The van der Waals surface area contributed by atoms with Gasteiger partial charge in [-0.05, 0) is 60.4 Å². The van der Waals surface area contributed by atoms with Gasteiger partial charge in [0, 0.05) is 11.0 Å². The Morgan fingerprint density at radius 2 is 1.72 bits per heavy atom. The number of thiocarbonyl (C=S) groups is 1. The number of nitrogens with one attached hydrogen (secondary N) is 1. The molecule has 7 heteroatoms. The molecule has 0 heterocycles. The van der Waals surface area contributed by atoms with Crippen LogP contribution in [-0.4, -0.2) is 26.3 Å². The van der Waals surface area contributed by atoms with Crippen molar-refractivity contribution in [1.29, 1.82) is 5.26 Å². The van der Waals surface area contributed by atoms with Crippen LogP contribution >= 0.6 is 28.1 Å². The Hall–Kier alpha value is -2.56. The number of halogens is 1. The standard InChI is InChI=1S/C22H23BrN2O3S/c1-13-6-15(8-18(23)14(13)2)7-17(11-24)22(29)25-12-16-9-19(26-3)21(28-5)20(10-16)27-4/h6-10H,12H2,1-5H3,(H,25,29)/b17-7+. The maximum Gasteiger partial charge on any atom is 0.203 e. The van der Waals surface area contributed by atoms with Crippen LogP contribution in [0.2, 0.25) is 0 Å². The molecule has 0 bridgehead atoms. The molecule has 0 fully saturated rings. The van der Waals surface area contributed by atoms with Crippen molar-refractivity contribution in [3.05, 3.63) is 56.6 Å². The van der Waals surface area contributed by atoms with Crippen LogP contribution in [0.1, 0.15) is 22.3 Å². The van der Waals surface area contributed by atoms with Gasteiger partial charge in [0.05, 0.1) is 26.9 Å². The van der Waals surface area contributed by atoms with Crippen LogP contribution in [0.3, 0.4) is 0 Å². The van der Waals surface area contributed by atoms with Crippen molar-refractivity contribution in [1.82, 2.24) is 5.32 Å². The predicted octanol–water partition coefficient (Wildman–Crippen LogP) is 5.12. The molecule has 0 saturated heterocycles. The summed E-state index contributed by atoms with van der Waals surface area (Å²) in [6.45, 7) is 4.48. The van der Waals surface area contributed by atoms with E-state index in [0.29, 0.717) is 34.4 Å². The molecule has 2 aromatic rings. The summed E-state index contributed by atoms with van der Waals surface area (Å²) in [4.78, 5) is 0.371.